The minimum atomic E-state index is -0.495. The Hall–Kier alpha value is -3.86. The van der Waals surface area contributed by atoms with Crippen LogP contribution in [-0.2, 0) is 16.2 Å². The molecular formula is C34H38N2O3. The quantitative estimate of drug-likeness (QED) is 0.306. The fourth-order valence-electron chi connectivity index (χ4n) is 5.80. The van der Waals surface area contributed by atoms with Crippen molar-refractivity contribution < 1.29 is 14.3 Å². The van der Waals surface area contributed by atoms with E-state index in [0.29, 0.717) is 25.2 Å². The fraction of sp³-hybridized carbons (Fsp3) is 0.353. The molecule has 1 aliphatic heterocycles. The second-order valence-electron chi connectivity index (χ2n) is 11.4. The highest BCUT2D eigenvalue weighted by atomic mass is 16.5. The van der Waals surface area contributed by atoms with Gasteiger partial charge in [0, 0.05) is 18.5 Å². The summed E-state index contributed by atoms with van der Waals surface area (Å²) in [6, 6.07) is 25.4. The molecule has 1 N–H and O–H groups in total. The SMILES string of the molecule is CCCCCC(=O)N1c2ccccc2NC2=CC(C)(C)CC(=O)[C@H]2[C@@H]1c1cccc(OCc2ccccc2)c1. The number of carbonyl (C=O) groups is 2. The summed E-state index contributed by atoms with van der Waals surface area (Å²) >= 11 is 0. The molecule has 1 amide bonds. The van der Waals surface area contributed by atoms with Gasteiger partial charge in [0.05, 0.1) is 23.3 Å². The van der Waals surface area contributed by atoms with Crippen LogP contribution in [0.2, 0.25) is 0 Å². The number of amides is 1. The van der Waals surface area contributed by atoms with Gasteiger partial charge in [0.15, 0.2) is 0 Å². The van der Waals surface area contributed by atoms with E-state index >= 15 is 0 Å². The Labute approximate surface area is 231 Å². The van der Waals surface area contributed by atoms with Crippen LogP contribution in [0.4, 0.5) is 11.4 Å². The zero-order chi connectivity index (χ0) is 27.4. The molecule has 1 aliphatic carbocycles. The second-order valence-corrected chi connectivity index (χ2v) is 11.4. The predicted molar refractivity (Wildman–Crippen MR) is 157 cm³/mol. The number of carbonyl (C=O) groups excluding carboxylic acids is 2. The highest BCUT2D eigenvalue weighted by Crippen LogP contribution is 2.49. The number of rotatable bonds is 8. The van der Waals surface area contributed by atoms with Gasteiger partial charge in [-0.1, -0.05) is 94.3 Å². The number of hydrogen-bond donors (Lipinski definition) is 1. The Morgan fingerprint density at radius 3 is 2.56 bits per heavy atom. The molecule has 202 valence electrons. The molecule has 0 radical (unpaired) electrons. The van der Waals surface area contributed by atoms with Crippen molar-refractivity contribution in [3.8, 4) is 5.75 Å². The van der Waals surface area contributed by atoms with Crippen LogP contribution in [0.5, 0.6) is 5.75 Å². The first-order valence-corrected chi connectivity index (χ1v) is 14.1. The molecule has 0 bridgehead atoms. The van der Waals surface area contributed by atoms with Gasteiger partial charge in [-0.2, -0.15) is 0 Å². The van der Waals surface area contributed by atoms with Crippen LogP contribution in [0.15, 0.2) is 90.6 Å². The minimum Gasteiger partial charge on any atom is -0.489 e. The Balaban J connectivity index is 1.60. The summed E-state index contributed by atoms with van der Waals surface area (Å²) in [5.74, 6) is 0.404. The lowest BCUT2D eigenvalue weighted by atomic mass is 9.72. The van der Waals surface area contributed by atoms with Crippen LogP contribution in [0.3, 0.4) is 0 Å². The molecule has 0 spiro atoms. The van der Waals surface area contributed by atoms with E-state index in [1.807, 2.05) is 83.8 Å². The first kappa shape index (κ1) is 26.7. The van der Waals surface area contributed by atoms with Crippen molar-refractivity contribution in [2.75, 3.05) is 10.2 Å². The number of unbranched alkanes of at least 4 members (excludes halogenated alkanes) is 2. The number of allylic oxidation sites excluding steroid dienone is 1. The standard InChI is InChI=1S/C34H38N2O3/c1-4-5-7-19-31(38)36-29-18-11-10-17-27(29)35-28-21-34(2,3)22-30(37)32(28)33(36)25-15-12-16-26(20-25)39-23-24-13-8-6-9-14-24/h6,8-18,20-21,32-33,35H,4-5,7,19,22-23H2,1-3H3/t32-,33-/m0/s1. The molecule has 2 atom stereocenters. The smallest absolute Gasteiger partial charge is 0.227 e. The molecule has 5 nitrogen and oxygen atoms in total. The molecule has 5 heteroatoms. The molecule has 0 saturated heterocycles. The topological polar surface area (TPSA) is 58.6 Å². The summed E-state index contributed by atoms with van der Waals surface area (Å²) in [6.07, 6.45) is 5.91. The van der Waals surface area contributed by atoms with E-state index in [1.54, 1.807) is 0 Å². The van der Waals surface area contributed by atoms with Gasteiger partial charge in [0.1, 0.15) is 18.1 Å². The van der Waals surface area contributed by atoms with Gasteiger partial charge in [0.25, 0.3) is 0 Å². The Morgan fingerprint density at radius 1 is 1.00 bits per heavy atom. The third-order valence-electron chi connectivity index (χ3n) is 7.61. The van der Waals surface area contributed by atoms with Gasteiger partial charge < -0.3 is 15.0 Å². The van der Waals surface area contributed by atoms with Crippen molar-refractivity contribution in [1.82, 2.24) is 0 Å². The van der Waals surface area contributed by atoms with Crippen LogP contribution < -0.4 is 15.0 Å². The first-order chi connectivity index (χ1) is 18.9. The zero-order valence-electron chi connectivity index (χ0n) is 23.2. The van der Waals surface area contributed by atoms with E-state index in [9.17, 15) is 9.59 Å². The van der Waals surface area contributed by atoms with E-state index in [0.717, 1.165) is 47.5 Å². The average molecular weight is 523 g/mol. The summed E-state index contributed by atoms with van der Waals surface area (Å²) in [6.45, 7) is 6.76. The fourth-order valence-corrected chi connectivity index (χ4v) is 5.80. The maximum atomic E-state index is 14.0. The molecule has 2 aliphatic rings. The number of benzene rings is 3. The Kier molecular flexibility index (Phi) is 7.87. The monoisotopic (exact) mass is 522 g/mol. The normalized spacial score (nSPS) is 19.7. The largest absolute Gasteiger partial charge is 0.489 e. The molecule has 3 aromatic carbocycles. The number of fused-ring (bicyclic) bond motifs is 2. The Bertz CT molecular complexity index is 1360. The highest BCUT2D eigenvalue weighted by molar-refractivity contribution is 6.01. The van der Waals surface area contributed by atoms with Crippen LogP contribution in [0.1, 0.15) is 70.0 Å². The number of ether oxygens (including phenoxy) is 1. The summed E-state index contributed by atoms with van der Waals surface area (Å²) in [7, 11) is 0. The van der Waals surface area contributed by atoms with E-state index in [2.05, 4.69) is 32.2 Å². The number of Topliss-reactive ketones (excluding diaryl/α,β-unsaturated/α-hetero) is 1. The third-order valence-corrected chi connectivity index (χ3v) is 7.61. The summed E-state index contributed by atoms with van der Waals surface area (Å²) in [5.41, 5.74) is 4.23. The number of nitrogens with zero attached hydrogens (tertiary/aromatic N) is 1. The van der Waals surface area contributed by atoms with Crippen molar-refractivity contribution >= 4 is 23.1 Å². The Morgan fingerprint density at radius 2 is 1.77 bits per heavy atom. The van der Waals surface area contributed by atoms with Gasteiger partial charge >= 0.3 is 0 Å². The van der Waals surface area contributed by atoms with Crippen LogP contribution in [0.25, 0.3) is 0 Å². The van der Waals surface area contributed by atoms with Gasteiger partial charge in [-0.3, -0.25) is 9.59 Å². The van der Waals surface area contributed by atoms with Crippen molar-refractivity contribution in [3.63, 3.8) is 0 Å². The summed E-state index contributed by atoms with van der Waals surface area (Å²) in [4.78, 5) is 29.8. The van der Waals surface area contributed by atoms with Crippen LogP contribution in [-0.4, -0.2) is 11.7 Å². The lowest BCUT2D eigenvalue weighted by Gasteiger charge is -2.39. The van der Waals surface area contributed by atoms with Gasteiger partial charge in [-0.25, -0.2) is 0 Å². The minimum absolute atomic E-state index is 0.0391. The molecule has 0 aromatic heterocycles. The number of para-hydroxylation sites is 2. The molecule has 39 heavy (non-hydrogen) atoms. The third kappa shape index (κ3) is 5.93. The van der Waals surface area contributed by atoms with Gasteiger partial charge in [-0.15, -0.1) is 0 Å². The maximum absolute atomic E-state index is 14.0. The molecule has 0 saturated carbocycles. The van der Waals surface area contributed by atoms with E-state index in [4.69, 9.17) is 4.74 Å². The van der Waals surface area contributed by atoms with Crippen LogP contribution in [0, 0.1) is 11.3 Å². The molecule has 0 unspecified atom stereocenters. The van der Waals surface area contributed by atoms with Crippen molar-refractivity contribution in [2.24, 2.45) is 11.3 Å². The predicted octanol–water partition coefficient (Wildman–Crippen LogP) is 7.84. The number of nitrogens with one attached hydrogen (secondary N) is 1. The van der Waals surface area contributed by atoms with Gasteiger partial charge in [0.2, 0.25) is 5.91 Å². The molecular weight excluding hydrogens is 484 g/mol. The van der Waals surface area contributed by atoms with E-state index < -0.39 is 12.0 Å². The molecule has 5 rings (SSSR count). The molecule has 1 heterocycles. The van der Waals surface area contributed by atoms with Crippen molar-refractivity contribution in [1.29, 1.82) is 0 Å². The van der Waals surface area contributed by atoms with E-state index in [1.165, 1.54) is 0 Å². The number of ketones is 1. The van der Waals surface area contributed by atoms with E-state index in [-0.39, 0.29) is 17.1 Å². The zero-order valence-corrected chi connectivity index (χ0v) is 23.2. The second kappa shape index (κ2) is 11.5. The molecule has 0 fully saturated rings. The van der Waals surface area contributed by atoms with Crippen molar-refractivity contribution in [2.45, 2.75) is 65.5 Å². The van der Waals surface area contributed by atoms with Crippen molar-refractivity contribution in [3.05, 3.63) is 102 Å². The lowest BCUT2D eigenvalue weighted by Crippen LogP contribution is -2.43. The highest BCUT2D eigenvalue weighted by Gasteiger charge is 2.46. The van der Waals surface area contributed by atoms with Crippen LogP contribution >= 0.6 is 0 Å². The number of anilines is 2. The summed E-state index contributed by atoms with van der Waals surface area (Å²) < 4.78 is 6.18. The lowest BCUT2D eigenvalue weighted by molar-refractivity contribution is -0.125. The number of hydrogen-bond acceptors (Lipinski definition) is 4. The first-order valence-electron chi connectivity index (χ1n) is 14.1. The molecule has 3 aromatic rings. The average Bonchev–Trinajstić information content (AvgIpc) is 3.06. The maximum Gasteiger partial charge on any atom is 0.227 e. The van der Waals surface area contributed by atoms with Gasteiger partial charge in [-0.05, 0) is 47.2 Å². The summed E-state index contributed by atoms with van der Waals surface area (Å²) in [5, 5.41) is 3.58.